The van der Waals surface area contributed by atoms with Crippen molar-refractivity contribution in [3.63, 3.8) is 0 Å². The highest BCUT2D eigenvalue weighted by Gasteiger charge is 2.63. The van der Waals surface area contributed by atoms with Gasteiger partial charge < -0.3 is 9.84 Å². The van der Waals surface area contributed by atoms with E-state index >= 15 is 0 Å². The van der Waals surface area contributed by atoms with Gasteiger partial charge in [0.25, 0.3) is 0 Å². The lowest BCUT2D eigenvalue weighted by Crippen LogP contribution is -2.63. The summed E-state index contributed by atoms with van der Waals surface area (Å²) < 4.78 is 5.81. The summed E-state index contributed by atoms with van der Waals surface area (Å²) in [4.78, 5) is 0. The molecule has 1 spiro atoms. The van der Waals surface area contributed by atoms with Crippen molar-refractivity contribution in [2.24, 2.45) is 11.8 Å². The lowest BCUT2D eigenvalue weighted by Gasteiger charge is -2.56. The fraction of sp³-hybridized carbons (Fsp3) is 1.00. The van der Waals surface area contributed by atoms with Crippen LogP contribution in [0.1, 0.15) is 32.1 Å². The van der Waals surface area contributed by atoms with Crippen molar-refractivity contribution in [1.29, 1.82) is 0 Å². The van der Waals surface area contributed by atoms with E-state index in [0.717, 1.165) is 13.0 Å². The molecule has 1 saturated heterocycles. The zero-order valence-electron chi connectivity index (χ0n) is 7.33. The average Bonchev–Trinajstić information content (AvgIpc) is 2.31. The number of ether oxygens (including phenoxy) is 1. The van der Waals surface area contributed by atoms with Crippen LogP contribution in [-0.4, -0.2) is 23.4 Å². The van der Waals surface area contributed by atoms with Gasteiger partial charge in [0.05, 0.1) is 11.7 Å². The Bertz CT molecular complexity index is 196. The third-order valence-corrected chi connectivity index (χ3v) is 4.21. The summed E-state index contributed by atoms with van der Waals surface area (Å²) >= 11 is 0. The number of rotatable bonds is 0. The van der Waals surface area contributed by atoms with Gasteiger partial charge >= 0.3 is 0 Å². The first-order chi connectivity index (χ1) is 5.84. The molecule has 2 saturated carbocycles. The summed E-state index contributed by atoms with van der Waals surface area (Å²) in [5.74, 6) is 1.38. The molecule has 1 aliphatic heterocycles. The highest BCUT2D eigenvalue weighted by atomic mass is 16.5. The summed E-state index contributed by atoms with van der Waals surface area (Å²) in [6.45, 7) is 0.887. The molecule has 1 N–H and O–H groups in total. The molecule has 1 heterocycles. The van der Waals surface area contributed by atoms with Gasteiger partial charge in [-0.05, 0) is 37.5 Å². The van der Waals surface area contributed by atoms with E-state index in [2.05, 4.69) is 0 Å². The Morgan fingerprint density at radius 2 is 2.00 bits per heavy atom. The molecule has 0 unspecified atom stereocenters. The molecule has 3 fully saturated rings. The van der Waals surface area contributed by atoms with Crippen LogP contribution in [0.4, 0.5) is 0 Å². The molecule has 3 rings (SSSR count). The third kappa shape index (κ3) is 0.647. The second-order valence-corrected chi connectivity index (χ2v) is 4.57. The number of hydrogen-bond acceptors (Lipinski definition) is 2. The van der Waals surface area contributed by atoms with Gasteiger partial charge in [-0.2, -0.15) is 0 Å². The summed E-state index contributed by atoms with van der Waals surface area (Å²) in [5.41, 5.74) is -0.0573. The third-order valence-electron chi connectivity index (χ3n) is 4.21. The van der Waals surface area contributed by atoms with Gasteiger partial charge in [0.2, 0.25) is 0 Å². The molecule has 2 aliphatic carbocycles. The maximum Gasteiger partial charge on any atom is 0.0996 e. The van der Waals surface area contributed by atoms with Gasteiger partial charge in [-0.15, -0.1) is 0 Å². The normalized spacial score (nSPS) is 57.2. The van der Waals surface area contributed by atoms with E-state index in [1.54, 1.807) is 0 Å². The van der Waals surface area contributed by atoms with Crippen molar-refractivity contribution in [1.82, 2.24) is 0 Å². The maximum absolute atomic E-state index is 9.94. The van der Waals surface area contributed by atoms with Crippen LogP contribution in [-0.2, 0) is 4.74 Å². The summed E-state index contributed by atoms with van der Waals surface area (Å²) in [6.07, 6.45) is 5.80. The van der Waals surface area contributed by atoms with Gasteiger partial charge in [0, 0.05) is 6.61 Å². The van der Waals surface area contributed by atoms with Gasteiger partial charge in [0.1, 0.15) is 0 Å². The molecule has 2 heteroatoms. The highest BCUT2D eigenvalue weighted by Crippen LogP contribution is 2.59. The molecular weight excluding hydrogens is 152 g/mol. The predicted molar refractivity (Wildman–Crippen MR) is 44.8 cm³/mol. The lowest BCUT2D eigenvalue weighted by molar-refractivity contribution is -0.217. The molecule has 0 aromatic rings. The number of aliphatic hydroxyl groups is 1. The average molecular weight is 168 g/mol. The van der Waals surface area contributed by atoms with Crippen molar-refractivity contribution < 1.29 is 9.84 Å². The van der Waals surface area contributed by atoms with E-state index in [4.69, 9.17) is 4.74 Å². The monoisotopic (exact) mass is 168 g/mol. The molecule has 0 aromatic carbocycles. The number of aliphatic hydroxyl groups excluding tert-OH is 1. The molecule has 4 atom stereocenters. The van der Waals surface area contributed by atoms with Gasteiger partial charge in [-0.1, -0.05) is 6.42 Å². The fourth-order valence-corrected chi connectivity index (χ4v) is 3.61. The zero-order valence-corrected chi connectivity index (χ0v) is 7.33. The van der Waals surface area contributed by atoms with Crippen molar-refractivity contribution in [3.05, 3.63) is 0 Å². The van der Waals surface area contributed by atoms with Gasteiger partial charge in [-0.25, -0.2) is 0 Å². The molecular formula is C10H16O2. The van der Waals surface area contributed by atoms with Crippen molar-refractivity contribution in [3.8, 4) is 0 Å². The molecule has 68 valence electrons. The second-order valence-electron chi connectivity index (χ2n) is 4.57. The minimum absolute atomic E-state index is 0.0573. The predicted octanol–water partition coefficient (Wildman–Crippen LogP) is 1.33. The Morgan fingerprint density at radius 1 is 1.17 bits per heavy atom. The summed E-state index contributed by atoms with van der Waals surface area (Å²) in [5, 5.41) is 9.94. The molecule has 12 heavy (non-hydrogen) atoms. The van der Waals surface area contributed by atoms with Crippen molar-refractivity contribution >= 4 is 0 Å². The van der Waals surface area contributed by atoms with Crippen LogP contribution in [0.3, 0.4) is 0 Å². The van der Waals surface area contributed by atoms with E-state index in [9.17, 15) is 5.11 Å². The Labute approximate surface area is 72.9 Å². The van der Waals surface area contributed by atoms with Crippen LogP contribution in [0.15, 0.2) is 0 Å². The Kier molecular flexibility index (Phi) is 1.37. The lowest BCUT2D eigenvalue weighted by atomic mass is 9.54. The van der Waals surface area contributed by atoms with Gasteiger partial charge in [-0.3, -0.25) is 0 Å². The highest BCUT2D eigenvalue weighted by molar-refractivity contribution is 5.13. The molecule has 0 radical (unpaired) electrons. The molecule has 0 bridgehead atoms. The first kappa shape index (κ1) is 7.34. The van der Waals surface area contributed by atoms with E-state index in [1.165, 1.54) is 25.7 Å². The van der Waals surface area contributed by atoms with Crippen LogP contribution in [0, 0.1) is 11.8 Å². The molecule has 2 nitrogen and oxygen atoms in total. The van der Waals surface area contributed by atoms with Crippen LogP contribution in [0.5, 0.6) is 0 Å². The quantitative estimate of drug-likeness (QED) is 0.591. The van der Waals surface area contributed by atoms with E-state index in [1.807, 2.05) is 0 Å². The topological polar surface area (TPSA) is 29.5 Å². The fourth-order valence-electron chi connectivity index (χ4n) is 3.61. The van der Waals surface area contributed by atoms with Crippen LogP contribution >= 0.6 is 0 Å². The summed E-state index contributed by atoms with van der Waals surface area (Å²) in [7, 11) is 0. The van der Waals surface area contributed by atoms with E-state index in [0.29, 0.717) is 11.8 Å². The molecule has 3 aliphatic rings. The second kappa shape index (κ2) is 2.24. The SMILES string of the molecule is O[C@@H]1CCC[C@@H]2C[C@H]3CCO[C@@]231. The number of hydrogen-bond donors (Lipinski definition) is 1. The minimum atomic E-state index is -0.155. The molecule has 0 amide bonds. The van der Waals surface area contributed by atoms with Crippen LogP contribution < -0.4 is 0 Å². The Balaban J connectivity index is 1.91. The maximum atomic E-state index is 9.94. The first-order valence-corrected chi connectivity index (χ1v) is 5.16. The Hall–Kier alpha value is -0.0800. The van der Waals surface area contributed by atoms with Crippen molar-refractivity contribution in [2.45, 2.75) is 43.8 Å². The van der Waals surface area contributed by atoms with E-state index in [-0.39, 0.29) is 11.7 Å². The summed E-state index contributed by atoms with van der Waals surface area (Å²) in [6, 6.07) is 0. The molecule has 0 aromatic heterocycles. The van der Waals surface area contributed by atoms with Gasteiger partial charge in [0.15, 0.2) is 0 Å². The Morgan fingerprint density at radius 3 is 2.75 bits per heavy atom. The minimum Gasteiger partial charge on any atom is -0.390 e. The van der Waals surface area contributed by atoms with Crippen LogP contribution in [0.25, 0.3) is 0 Å². The first-order valence-electron chi connectivity index (χ1n) is 5.16. The zero-order chi connectivity index (χ0) is 8.18. The smallest absolute Gasteiger partial charge is 0.0996 e. The standard InChI is InChI=1S/C10H16O2/c11-9-3-1-2-7-6-8-4-5-12-10(7,8)9/h7-9,11H,1-6H2/t7-,8-,9-,10+/m1/s1. The largest absolute Gasteiger partial charge is 0.390 e. The van der Waals surface area contributed by atoms with E-state index < -0.39 is 0 Å². The van der Waals surface area contributed by atoms with Crippen molar-refractivity contribution in [2.75, 3.05) is 6.61 Å². The van der Waals surface area contributed by atoms with Crippen LogP contribution in [0.2, 0.25) is 0 Å².